The van der Waals surface area contributed by atoms with Gasteiger partial charge in [0.2, 0.25) is 11.8 Å². The van der Waals surface area contributed by atoms with Crippen molar-refractivity contribution in [2.75, 3.05) is 10.2 Å². The summed E-state index contributed by atoms with van der Waals surface area (Å²) in [4.78, 5) is 53.9. The van der Waals surface area contributed by atoms with Crippen molar-refractivity contribution in [3.05, 3.63) is 117 Å². The summed E-state index contributed by atoms with van der Waals surface area (Å²) in [5.41, 5.74) is 1.40. The van der Waals surface area contributed by atoms with E-state index in [2.05, 4.69) is 33.2 Å². The lowest BCUT2D eigenvalue weighted by Crippen LogP contribution is -2.31. The van der Waals surface area contributed by atoms with Gasteiger partial charge in [-0.3, -0.25) is 19.2 Å². The Labute approximate surface area is 254 Å². The Balaban J connectivity index is 1.31. The first kappa shape index (κ1) is 28.4. The topological polar surface area (TPSA) is 109 Å². The van der Waals surface area contributed by atoms with Gasteiger partial charge in [0.05, 0.1) is 10.9 Å². The van der Waals surface area contributed by atoms with Gasteiger partial charge in [0, 0.05) is 32.2 Å². The maximum Gasteiger partial charge on any atom is 0.272 e. The van der Waals surface area contributed by atoms with E-state index >= 15 is 0 Å². The highest BCUT2D eigenvalue weighted by Gasteiger charge is 2.40. The number of carbonyl (C=O) groups is 4. The Hall–Kier alpha value is -4.16. The van der Waals surface area contributed by atoms with Gasteiger partial charge in [0.25, 0.3) is 11.8 Å². The van der Waals surface area contributed by atoms with Gasteiger partial charge in [-0.05, 0) is 96.2 Å². The minimum Gasteiger partial charge on any atom is -0.462 e. The number of aryl methyl sites for hydroxylation is 1. The molecule has 1 aliphatic heterocycles. The molecule has 3 aromatic carbocycles. The highest BCUT2D eigenvalue weighted by atomic mass is 127. The van der Waals surface area contributed by atoms with Crippen LogP contribution in [0.3, 0.4) is 0 Å². The molecule has 10 heteroatoms. The van der Waals surface area contributed by atoms with Crippen LogP contribution in [0, 0.1) is 10.5 Å². The first-order valence-electron chi connectivity index (χ1n) is 12.6. The lowest BCUT2D eigenvalue weighted by molar-refractivity contribution is -0.121. The number of thioether (sulfide) groups is 1. The van der Waals surface area contributed by atoms with Crippen molar-refractivity contribution in [3.63, 3.8) is 0 Å². The number of rotatable bonds is 8. The summed E-state index contributed by atoms with van der Waals surface area (Å²) >= 11 is 3.43. The molecule has 4 aromatic rings. The lowest BCUT2D eigenvalue weighted by Gasteiger charge is -2.15. The molecule has 0 saturated carbocycles. The minimum atomic E-state index is -0.587. The zero-order chi connectivity index (χ0) is 28.9. The normalized spacial score (nSPS) is 15.2. The van der Waals surface area contributed by atoms with Crippen LogP contribution in [0.15, 0.2) is 106 Å². The zero-order valence-electron chi connectivity index (χ0n) is 21.8. The van der Waals surface area contributed by atoms with Gasteiger partial charge in [-0.2, -0.15) is 0 Å². The van der Waals surface area contributed by atoms with Crippen LogP contribution in [0.1, 0.15) is 28.3 Å². The van der Waals surface area contributed by atoms with E-state index < -0.39 is 17.1 Å². The molecule has 0 radical (unpaired) electrons. The maximum absolute atomic E-state index is 13.3. The number of anilines is 2. The van der Waals surface area contributed by atoms with Crippen molar-refractivity contribution in [1.29, 1.82) is 0 Å². The molecule has 1 aliphatic rings. The Morgan fingerprint density at radius 1 is 0.976 bits per heavy atom. The molecule has 1 unspecified atom stereocenters. The highest BCUT2D eigenvalue weighted by Crippen LogP contribution is 2.35. The second-order valence-electron chi connectivity index (χ2n) is 9.16. The predicted octanol–water partition coefficient (Wildman–Crippen LogP) is 6.03. The lowest BCUT2D eigenvalue weighted by atomic mass is 10.2. The van der Waals surface area contributed by atoms with E-state index in [0.29, 0.717) is 33.4 Å². The molecule has 206 valence electrons. The monoisotopic (exact) mass is 677 g/mol. The van der Waals surface area contributed by atoms with Crippen LogP contribution in [0.25, 0.3) is 6.08 Å². The quantitative estimate of drug-likeness (QED) is 0.134. The standard InChI is InChI=1S/C31H24IN3O5S/c1-19-10-15-24(40-19)17-26(34-29(37)20-6-3-2-4-7-20)30(38)33-22-8-5-9-25(16-22)41-27-18-28(36)35(31(27)39)23-13-11-21(32)12-14-23/h2-17,27H,18H2,1H3,(H,33,38)(H,34,37)/b26-17-. The summed E-state index contributed by atoms with van der Waals surface area (Å²) in [6.45, 7) is 1.78. The fraction of sp³-hybridized carbons (Fsp3) is 0.0968. The zero-order valence-corrected chi connectivity index (χ0v) is 24.8. The molecule has 0 bridgehead atoms. The van der Waals surface area contributed by atoms with Crippen LogP contribution < -0.4 is 15.5 Å². The molecule has 2 N–H and O–H groups in total. The molecular formula is C31H24IN3O5S. The molecule has 41 heavy (non-hydrogen) atoms. The number of halogens is 1. The van der Waals surface area contributed by atoms with Gasteiger partial charge in [-0.25, -0.2) is 4.90 Å². The molecule has 1 aromatic heterocycles. The van der Waals surface area contributed by atoms with Gasteiger partial charge in [-0.15, -0.1) is 11.8 Å². The number of nitrogens with one attached hydrogen (secondary N) is 2. The summed E-state index contributed by atoms with van der Waals surface area (Å²) in [7, 11) is 0. The number of hydrogen-bond donors (Lipinski definition) is 2. The van der Waals surface area contributed by atoms with E-state index in [0.717, 1.165) is 3.57 Å². The molecule has 0 spiro atoms. The SMILES string of the molecule is Cc1ccc(/C=C(\NC(=O)c2ccccc2)C(=O)Nc2cccc(SC3CC(=O)N(c4ccc(I)cc4)C3=O)c2)o1. The highest BCUT2D eigenvalue weighted by molar-refractivity contribution is 14.1. The third-order valence-electron chi connectivity index (χ3n) is 6.14. The molecule has 4 amide bonds. The van der Waals surface area contributed by atoms with Crippen LogP contribution in [0.4, 0.5) is 11.4 Å². The van der Waals surface area contributed by atoms with Gasteiger partial charge >= 0.3 is 0 Å². The van der Waals surface area contributed by atoms with Crippen LogP contribution in [-0.2, 0) is 14.4 Å². The number of imide groups is 1. The third kappa shape index (κ3) is 6.95. The first-order chi connectivity index (χ1) is 19.8. The molecule has 2 heterocycles. The van der Waals surface area contributed by atoms with E-state index in [1.807, 2.05) is 18.2 Å². The summed E-state index contributed by atoms with van der Waals surface area (Å²) in [6.07, 6.45) is 1.54. The maximum atomic E-state index is 13.3. The Morgan fingerprint density at radius 2 is 1.73 bits per heavy atom. The van der Waals surface area contributed by atoms with Crippen LogP contribution >= 0.6 is 34.4 Å². The van der Waals surface area contributed by atoms with Gasteiger partial charge < -0.3 is 15.1 Å². The number of nitrogens with zero attached hydrogens (tertiary/aromatic N) is 1. The Morgan fingerprint density at radius 3 is 2.44 bits per heavy atom. The van der Waals surface area contributed by atoms with E-state index in [-0.39, 0.29) is 23.9 Å². The molecule has 5 rings (SSSR count). The van der Waals surface area contributed by atoms with Crippen molar-refractivity contribution >= 4 is 75.4 Å². The van der Waals surface area contributed by atoms with Crippen LogP contribution in [-0.4, -0.2) is 28.9 Å². The molecule has 1 saturated heterocycles. The number of benzene rings is 3. The van der Waals surface area contributed by atoms with Crippen molar-refractivity contribution < 1.29 is 23.6 Å². The van der Waals surface area contributed by atoms with E-state index in [1.54, 1.807) is 79.7 Å². The van der Waals surface area contributed by atoms with E-state index in [4.69, 9.17) is 4.42 Å². The molecule has 0 aliphatic carbocycles. The Bertz CT molecular complexity index is 1650. The van der Waals surface area contributed by atoms with Gasteiger partial charge in [0.15, 0.2) is 0 Å². The minimum absolute atomic E-state index is 0.00371. The average Bonchev–Trinajstić information content (AvgIpc) is 3.50. The van der Waals surface area contributed by atoms with Gasteiger partial charge in [0.1, 0.15) is 17.2 Å². The number of carbonyl (C=O) groups excluding carboxylic acids is 4. The number of amides is 4. The third-order valence-corrected chi connectivity index (χ3v) is 8.03. The second kappa shape index (κ2) is 12.6. The number of hydrogen-bond acceptors (Lipinski definition) is 6. The fourth-order valence-electron chi connectivity index (χ4n) is 4.18. The summed E-state index contributed by atoms with van der Waals surface area (Å²) in [5.74, 6) is -0.458. The number of furan rings is 1. The Kier molecular flexibility index (Phi) is 8.70. The van der Waals surface area contributed by atoms with Crippen molar-refractivity contribution in [2.24, 2.45) is 0 Å². The summed E-state index contributed by atoms with van der Waals surface area (Å²) < 4.78 is 6.59. The second-order valence-corrected chi connectivity index (χ2v) is 11.7. The summed E-state index contributed by atoms with van der Waals surface area (Å²) in [6, 6.07) is 26.2. The smallest absolute Gasteiger partial charge is 0.272 e. The van der Waals surface area contributed by atoms with Crippen LogP contribution in [0.2, 0.25) is 0 Å². The average molecular weight is 678 g/mol. The van der Waals surface area contributed by atoms with Crippen LogP contribution in [0.5, 0.6) is 0 Å². The van der Waals surface area contributed by atoms with Crippen molar-refractivity contribution in [2.45, 2.75) is 23.5 Å². The van der Waals surface area contributed by atoms with Crippen molar-refractivity contribution in [1.82, 2.24) is 5.32 Å². The van der Waals surface area contributed by atoms with Gasteiger partial charge in [-0.1, -0.05) is 24.3 Å². The first-order valence-corrected chi connectivity index (χ1v) is 14.6. The van der Waals surface area contributed by atoms with E-state index in [1.165, 1.54) is 22.7 Å². The largest absolute Gasteiger partial charge is 0.462 e. The predicted molar refractivity (Wildman–Crippen MR) is 166 cm³/mol. The van der Waals surface area contributed by atoms with E-state index in [9.17, 15) is 19.2 Å². The molecule has 8 nitrogen and oxygen atoms in total. The fourth-order valence-corrected chi connectivity index (χ4v) is 5.66. The molecule has 1 atom stereocenters. The van der Waals surface area contributed by atoms with Crippen molar-refractivity contribution in [3.8, 4) is 0 Å². The summed E-state index contributed by atoms with van der Waals surface area (Å²) in [5, 5.41) is 4.90. The molecule has 1 fully saturated rings. The molecular weight excluding hydrogens is 653 g/mol.